The maximum atomic E-state index is 14.0. The van der Waals surface area contributed by atoms with Crippen LogP contribution in [0.3, 0.4) is 0 Å². The van der Waals surface area contributed by atoms with Gasteiger partial charge in [0, 0.05) is 18.2 Å². The summed E-state index contributed by atoms with van der Waals surface area (Å²) >= 11 is 5.78. The molecule has 1 fully saturated rings. The molecule has 0 spiro atoms. The van der Waals surface area contributed by atoms with Gasteiger partial charge in [0.25, 0.3) is 0 Å². The molecule has 0 aliphatic heterocycles. The third-order valence-electron chi connectivity index (χ3n) is 5.01. The second-order valence-electron chi connectivity index (χ2n) is 7.04. The Labute approximate surface area is 166 Å². The molecule has 2 aromatic rings. The molecule has 1 aromatic carbocycles. The molecule has 1 aliphatic rings. The van der Waals surface area contributed by atoms with E-state index < -0.39 is 10.7 Å². The van der Waals surface area contributed by atoms with Gasteiger partial charge in [0.15, 0.2) is 0 Å². The minimum absolute atomic E-state index is 0.0135. The summed E-state index contributed by atoms with van der Waals surface area (Å²) in [5.74, 6) is -0.377. The minimum Gasteiger partial charge on any atom is -0.378 e. The molecule has 1 aliphatic carbocycles. The van der Waals surface area contributed by atoms with Crippen molar-refractivity contribution in [3.63, 3.8) is 0 Å². The van der Waals surface area contributed by atoms with Gasteiger partial charge in [-0.05, 0) is 44.1 Å². The molecule has 28 heavy (non-hydrogen) atoms. The predicted molar refractivity (Wildman–Crippen MR) is 105 cm³/mol. The first-order valence-electron chi connectivity index (χ1n) is 9.08. The van der Waals surface area contributed by atoms with Crippen LogP contribution in [0.25, 0.3) is 0 Å². The summed E-state index contributed by atoms with van der Waals surface area (Å²) < 4.78 is 14.0. The molecule has 5 N–H and O–H groups in total. The molecule has 3 rings (SSSR count). The van der Waals surface area contributed by atoms with Crippen molar-refractivity contribution in [1.82, 2.24) is 9.97 Å². The minimum atomic E-state index is -0.556. The molecule has 150 valence electrons. The molecule has 8 nitrogen and oxygen atoms in total. The number of halogens is 2. The lowest BCUT2D eigenvalue weighted by molar-refractivity contribution is -0.385. The van der Waals surface area contributed by atoms with Crippen LogP contribution in [0.4, 0.5) is 21.8 Å². The van der Waals surface area contributed by atoms with E-state index in [2.05, 4.69) is 15.3 Å². The van der Waals surface area contributed by atoms with Crippen LogP contribution < -0.4 is 16.8 Å². The highest BCUT2D eigenvalue weighted by Gasteiger charge is 2.27. The Bertz CT molecular complexity index is 873. The molecule has 1 aromatic heterocycles. The number of anilines is 2. The summed E-state index contributed by atoms with van der Waals surface area (Å²) in [7, 11) is 0. The predicted octanol–water partition coefficient (Wildman–Crippen LogP) is 3.43. The third-order valence-corrected chi connectivity index (χ3v) is 5.30. The van der Waals surface area contributed by atoms with Crippen LogP contribution in [0, 0.1) is 21.8 Å². The van der Waals surface area contributed by atoms with Crippen LogP contribution in [-0.2, 0) is 13.0 Å². The summed E-state index contributed by atoms with van der Waals surface area (Å²) in [5, 5.41) is 14.3. The van der Waals surface area contributed by atoms with Gasteiger partial charge in [-0.3, -0.25) is 10.1 Å². The highest BCUT2D eigenvalue weighted by molar-refractivity contribution is 6.30. The van der Waals surface area contributed by atoms with Gasteiger partial charge in [0.05, 0.1) is 9.95 Å². The third kappa shape index (κ3) is 4.66. The quantitative estimate of drug-likeness (QED) is 0.492. The fourth-order valence-corrected chi connectivity index (χ4v) is 3.66. The number of nitrogen functional groups attached to an aromatic ring is 1. The monoisotopic (exact) mass is 408 g/mol. The molecule has 10 heteroatoms. The number of nitrogens with one attached hydrogen (secondary N) is 1. The fraction of sp³-hybridized carbons (Fsp3) is 0.444. The molecule has 0 saturated heterocycles. The van der Waals surface area contributed by atoms with E-state index in [4.69, 9.17) is 23.1 Å². The number of rotatable bonds is 6. The largest absolute Gasteiger partial charge is 0.378 e. The normalized spacial score (nSPS) is 19.4. The summed E-state index contributed by atoms with van der Waals surface area (Å²) in [4.78, 5) is 19.2. The fourth-order valence-electron chi connectivity index (χ4n) is 3.47. The number of nitro groups is 1. The van der Waals surface area contributed by atoms with E-state index >= 15 is 0 Å². The zero-order chi connectivity index (χ0) is 20.3. The highest BCUT2D eigenvalue weighted by atomic mass is 35.5. The Hall–Kier alpha value is -2.52. The molecule has 0 bridgehead atoms. The van der Waals surface area contributed by atoms with Crippen molar-refractivity contribution in [2.45, 2.75) is 44.7 Å². The van der Waals surface area contributed by atoms with Crippen LogP contribution in [-0.4, -0.2) is 20.9 Å². The lowest BCUT2D eigenvalue weighted by Gasteiger charge is -2.25. The first-order valence-corrected chi connectivity index (χ1v) is 9.46. The average molecular weight is 409 g/mol. The number of nitrogens with zero attached hydrogens (tertiary/aromatic N) is 3. The molecule has 0 unspecified atom stereocenters. The van der Waals surface area contributed by atoms with Crippen molar-refractivity contribution in [2.75, 3.05) is 11.1 Å². The average Bonchev–Trinajstić information content (AvgIpc) is 2.64. The first-order chi connectivity index (χ1) is 13.3. The van der Waals surface area contributed by atoms with E-state index in [-0.39, 0.29) is 46.7 Å². The number of benzene rings is 1. The van der Waals surface area contributed by atoms with Gasteiger partial charge in [-0.25, -0.2) is 9.37 Å². The second-order valence-corrected chi connectivity index (χ2v) is 7.44. The van der Waals surface area contributed by atoms with E-state index in [0.29, 0.717) is 12.0 Å². The zero-order valence-corrected chi connectivity index (χ0v) is 16.0. The summed E-state index contributed by atoms with van der Waals surface area (Å²) in [6.07, 6.45) is 3.98. The zero-order valence-electron chi connectivity index (χ0n) is 15.2. The Kier molecular flexibility index (Phi) is 6.25. The van der Waals surface area contributed by atoms with E-state index in [1.165, 1.54) is 6.07 Å². The second kappa shape index (κ2) is 8.66. The van der Waals surface area contributed by atoms with Crippen molar-refractivity contribution >= 4 is 29.1 Å². The highest BCUT2D eigenvalue weighted by Crippen LogP contribution is 2.32. The number of hydrogen-bond donors (Lipinski definition) is 3. The maximum Gasteiger partial charge on any atom is 0.332 e. The van der Waals surface area contributed by atoms with Gasteiger partial charge in [0.1, 0.15) is 11.5 Å². The first kappa shape index (κ1) is 20.2. The maximum absolute atomic E-state index is 14.0. The topological polar surface area (TPSA) is 133 Å². The van der Waals surface area contributed by atoms with Gasteiger partial charge >= 0.3 is 5.69 Å². The standard InChI is InChI=1S/C18H22ClFN6O2/c19-13-3-1-2-11(15(13)20)9-23-18-24-14(16(26(27)28)17(22)25-18)8-10-4-6-12(21)7-5-10/h1-3,10,12H,4-9,21H2,(H3,22,23,24,25)/t10-,12-. The lowest BCUT2D eigenvalue weighted by Crippen LogP contribution is -2.27. The Morgan fingerprint density at radius 1 is 1.29 bits per heavy atom. The van der Waals surface area contributed by atoms with Crippen LogP contribution in [0.5, 0.6) is 0 Å². The molecule has 1 saturated carbocycles. The molecule has 1 heterocycles. The molecule has 0 atom stereocenters. The van der Waals surface area contributed by atoms with Crippen molar-refractivity contribution < 1.29 is 9.31 Å². The summed E-state index contributed by atoms with van der Waals surface area (Å²) in [6.45, 7) is 0.0708. The Morgan fingerprint density at radius 3 is 2.68 bits per heavy atom. The van der Waals surface area contributed by atoms with Gasteiger partial charge < -0.3 is 16.8 Å². The van der Waals surface area contributed by atoms with Crippen molar-refractivity contribution in [3.8, 4) is 0 Å². The van der Waals surface area contributed by atoms with E-state index in [1.807, 2.05) is 0 Å². The smallest absolute Gasteiger partial charge is 0.332 e. The van der Waals surface area contributed by atoms with E-state index in [9.17, 15) is 14.5 Å². The van der Waals surface area contributed by atoms with Crippen molar-refractivity contribution in [1.29, 1.82) is 0 Å². The Morgan fingerprint density at radius 2 is 2.00 bits per heavy atom. The van der Waals surface area contributed by atoms with Gasteiger partial charge in [-0.2, -0.15) is 4.98 Å². The number of hydrogen-bond acceptors (Lipinski definition) is 7. The summed E-state index contributed by atoms with van der Waals surface area (Å²) in [6, 6.07) is 4.85. The van der Waals surface area contributed by atoms with Gasteiger partial charge in [-0.1, -0.05) is 23.7 Å². The van der Waals surface area contributed by atoms with Crippen LogP contribution in [0.1, 0.15) is 36.9 Å². The van der Waals surface area contributed by atoms with Crippen LogP contribution in [0.2, 0.25) is 5.02 Å². The van der Waals surface area contributed by atoms with Crippen molar-refractivity contribution in [2.24, 2.45) is 11.7 Å². The molecule has 0 amide bonds. The van der Waals surface area contributed by atoms with E-state index in [0.717, 1.165) is 25.7 Å². The molecule has 0 radical (unpaired) electrons. The summed E-state index contributed by atoms with van der Waals surface area (Å²) in [5.41, 5.74) is 12.1. The van der Waals surface area contributed by atoms with Crippen molar-refractivity contribution in [3.05, 3.63) is 50.4 Å². The Balaban J connectivity index is 1.81. The lowest BCUT2D eigenvalue weighted by atomic mass is 9.83. The molecular formula is C18H22ClFN6O2. The number of aromatic nitrogens is 2. The van der Waals surface area contributed by atoms with Gasteiger partial charge in [-0.15, -0.1) is 0 Å². The molecular weight excluding hydrogens is 387 g/mol. The number of nitrogens with two attached hydrogens (primary N) is 2. The SMILES string of the molecule is Nc1nc(NCc2cccc(Cl)c2F)nc(C[C@H]2CC[C@H](N)CC2)c1[N+](=O)[O-]. The van der Waals surface area contributed by atoms with Crippen LogP contribution >= 0.6 is 11.6 Å². The van der Waals surface area contributed by atoms with E-state index in [1.54, 1.807) is 12.1 Å². The van der Waals surface area contributed by atoms with Gasteiger partial charge in [0.2, 0.25) is 11.8 Å². The van der Waals surface area contributed by atoms with Crippen LogP contribution in [0.15, 0.2) is 18.2 Å².